The zero-order chi connectivity index (χ0) is 13.0. The van der Waals surface area contributed by atoms with Crippen LogP contribution >= 0.6 is 11.8 Å². The zero-order valence-electron chi connectivity index (χ0n) is 9.58. The summed E-state index contributed by atoms with van der Waals surface area (Å²) in [6.07, 6.45) is 1.73. The van der Waals surface area contributed by atoms with E-state index >= 15 is 0 Å². The summed E-state index contributed by atoms with van der Waals surface area (Å²) in [4.78, 5) is 44.1. The monoisotopic (exact) mass is 256 g/mol. The first kappa shape index (κ1) is 13.2. The van der Waals surface area contributed by atoms with Crippen LogP contribution in [0.3, 0.4) is 0 Å². The highest BCUT2D eigenvalue weighted by Gasteiger charge is 2.06. The maximum absolute atomic E-state index is 11.4. The van der Waals surface area contributed by atoms with Gasteiger partial charge in [0.15, 0.2) is 16.3 Å². The standard InChI is InChI=1S/C7H6N4O3S.C2H6/c1-15-7-10-3-2(4(12)11-7)8-5(13)6(14)9-3;1-2/h1H3,(H,8,13)(H2,9,10,11,12,14);1-2H3. The summed E-state index contributed by atoms with van der Waals surface area (Å²) in [7, 11) is 0. The Balaban J connectivity index is 0.000000686. The number of nitrogens with zero attached hydrogens (tertiary/aromatic N) is 1. The van der Waals surface area contributed by atoms with E-state index in [1.165, 1.54) is 11.8 Å². The number of hydrogen-bond donors (Lipinski definition) is 3. The van der Waals surface area contributed by atoms with E-state index in [1.54, 1.807) is 6.26 Å². The topological polar surface area (TPSA) is 111 Å². The minimum atomic E-state index is -0.869. The molecule has 0 aromatic carbocycles. The van der Waals surface area contributed by atoms with Crippen molar-refractivity contribution in [2.75, 3.05) is 6.26 Å². The third-order valence-electron chi connectivity index (χ3n) is 1.77. The van der Waals surface area contributed by atoms with E-state index in [4.69, 9.17) is 0 Å². The van der Waals surface area contributed by atoms with Gasteiger partial charge in [0.2, 0.25) is 0 Å². The van der Waals surface area contributed by atoms with E-state index in [-0.39, 0.29) is 11.2 Å². The molecule has 0 atom stereocenters. The van der Waals surface area contributed by atoms with Gasteiger partial charge in [-0.3, -0.25) is 19.4 Å². The molecular weight excluding hydrogens is 244 g/mol. The van der Waals surface area contributed by atoms with Gasteiger partial charge in [0.05, 0.1) is 0 Å². The first-order valence-electron chi connectivity index (χ1n) is 4.92. The molecule has 0 radical (unpaired) electrons. The van der Waals surface area contributed by atoms with Crippen molar-refractivity contribution in [1.82, 2.24) is 19.9 Å². The predicted molar refractivity (Wildman–Crippen MR) is 66.7 cm³/mol. The van der Waals surface area contributed by atoms with Gasteiger partial charge in [0, 0.05) is 0 Å². The van der Waals surface area contributed by atoms with Crippen LogP contribution in [-0.4, -0.2) is 26.2 Å². The van der Waals surface area contributed by atoms with Gasteiger partial charge in [-0.05, 0) is 6.26 Å². The van der Waals surface area contributed by atoms with Crippen molar-refractivity contribution in [3.05, 3.63) is 31.1 Å². The van der Waals surface area contributed by atoms with Gasteiger partial charge in [-0.15, -0.1) is 0 Å². The Bertz CT molecular complexity index is 685. The van der Waals surface area contributed by atoms with Gasteiger partial charge in [-0.2, -0.15) is 0 Å². The van der Waals surface area contributed by atoms with Gasteiger partial charge in [0.1, 0.15) is 0 Å². The van der Waals surface area contributed by atoms with E-state index in [0.29, 0.717) is 5.16 Å². The molecule has 0 unspecified atom stereocenters. The maximum atomic E-state index is 11.4. The molecule has 0 amide bonds. The molecule has 0 aliphatic carbocycles. The average Bonchev–Trinajstić information content (AvgIpc) is 2.34. The third-order valence-corrected chi connectivity index (χ3v) is 2.35. The summed E-state index contributed by atoms with van der Waals surface area (Å²) in [6.45, 7) is 4.00. The largest absolute Gasteiger partial charge is 0.315 e. The molecule has 0 saturated carbocycles. The van der Waals surface area contributed by atoms with Crippen LogP contribution in [0.15, 0.2) is 19.5 Å². The summed E-state index contributed by atoms with van der Waals surface area (Å²) >= 11 is 1.23. The summed E-state index contributed by atoms with van der Waals surface area (Å²) < 4.78 is 0. The molecular formula is C9H12N4O3S. The van der Waals surface area contributed by atoms with E-state index in [0.717, 1.165) is 0 Å². The van der Waals surface area contributed by atoms with Crippen molar-refractivity contribution < 1.29 is 0 Å². The quantitative estimate of drug-likeness (QED) is 0.379. The van der Waals surface area contributed by atoms with Gasteiger partial charge in [-0.1, -0.05) is 25.6 Å². The molecule has 0 spiro atoms. The van der Waals surface area contributed by atoms with E-state index in [2.05, 4.69) is 19.9 Å². The van der Waals surface area contributed by atoms with Crippen LogP contribution in [0.5, 0.6) is 0 Å². The molecule has 0 aliphatic heterocycles. The van der Waals surface area contributed by atoms with E-state index in [1.807, 2.05) is 13.8 Å². The molecule has 17 heavy (non-hydrogen) atoms. The van der Waals surface area contributed by atoms with E-state index in [9.17, 15) is 14.4 Å². The van der Waals surface area contributed by atoms with Crippen LogP contribution in [0.1, 0.15) is 13.8 Å². The lowest BCUT2D eigenvalue weighted by molar-refractivity contribution is 0.941. The fourth-order valence-corrected chi connectivity index (χ4v) is 1.47. The van der Waals surface area contributed by atoms with Gasteiger partial charge < -0.3 is 9.97 Å². The summed E-state index contributed by atoms with van der Waals surface area (Å²) in [5, 5.41) is 0.371. The second-order valence-electron chi connectivity index (χ2n) is 2.71. The van der Waals surface area contributed by atoms with Gasteiger partial charge in [0.25, 0.3) is 5.56 Å². The molecule has 2 rings (SSSR count). The van der Waals surface area contributed by atoms with Crippen molar-refractivity contribution in [2.45, 2.75) is 19.0 Å². The Morgan fingerprint density at radius 2 is 1.53 bits per heavy atom. The summed E-state index contributed by atoms with van der Waals surface area (Å²) in [5.74, 6) is 0. The molecule has 2 aromatic heterocycles. The number of fused-ring (bicyclic) bond motifs is 1. The molecule has 3 N–H and O–H groups in total. The van der Waals surface area contributed by atoms with Crippen molar-refractivity contribution in [1.29, 1.82) is 0 Å². The van der Waals surface area contributed by atoms with Crippen LogP contribution in [0.25, 0.3) is 11.2 Å². The van der Waals surface area contributed by atoms with E-state index < -0.39 is 16.7 Å². The number of rotatable bonds is 1. The first-order valence-corrected chi connectivity index (χ1v) is 6.15. The molecule has 0 bridgehead atoms. The smallest absolute Gasteiger partial charge is 0.310 e. The fraction of sp³-hybridized carbons (Fsp3) is 0.333. The van der Waals surface area contributed by atoms with Crippen molar-refractivity contribution in [2.24, 2.45) is 0 Å². The lowest BCUT2D eigenvalue weighted by atomic mass is 10.5. The molecule has 0 fully saturated rings. The molecule has 2 heterocycles. The van der Waals surface area contributed by atoms with Crippen LogP contribution < -0.4 is 16.7 Å². The molecule has 7 nitrogen and oxygen atoms in total. The Labute approximate surface area is 99.7 Å². The second kappa shape index (κ2) is 5.48. The Morgan fingerprint density at radius 1 is 0.941 bits per heavy atom. The molecule has 2 aromatic rings. The highest BCUT2D eigenvalue weighted by Crippen LogP contribution is 2.06. The SMILES string of the molecule is CC.CSc1nc2[nH]c(=O)c(=O)[nH]c2c(=O)[nH]1. The predicted octanol–water partition coefficient (Wildman–Crippen LogP) is 0.0478. The number of thioether (sulfide) groups is 1. The minimum Gasteiger partial charge on any atom is -0.310 e. The van der Waals surface area contributed by atoms with Crippen LogP contribution in [0, 0.1) is 0 Å². The Hall–Kier alpha value is -1.83. The lowest BCUT2D eigenvalue weighted by Gasteiger charge is -1.97. The summed E-state index contributed by atoms with van der Waals surface area (Å²) in [6, 6.07) is 0. The zero-order valence-corrected chi connectivity index (χ0v) is 10.4. The lowest BCUT2D eigenvalue weighted by Crippen LogP contribution is -2.31. The molecule has 8 heteroatoms. The minimum absolute atomic E-state index is 0.0302. The van der Waals surface area contributed by atoms with Crippen molar-refractivity contribution in [3.8, 4) is 0 Å². The Morgan fingerprint density at radius 3 is 2.12 bits per heavy atom. The molecule has 92 valence electrons. The van der Waals surface area contributed by atoms with Crippen molar-refractivity contribution >= 4 is 22.9 Å². The van der Waals surface area contributed by atoms with Crippen LogP contribution in [0.4, 0.5) is 0 Å². The van der Waals surface area contributed by atoms with Gasteiger partial charge >= 0.3 is 11.1 Å². The highest BCUT2D eigenvalue weighted by molar-refractivity contribution is 7.98. The van der Waals surface area contributed by atoms with Crippen molar-refractivity contribution in [3.63, 3.8) is 0 Å². The normalized spacial score (nSPS) is 9.82. The third kappa shape index (κ3) is 2.64. The highest BCUT2D eigenvalue weighted by atomic mass is 32.2. The number of H-pyrrole nitrogens is 3. The second-order valence-corrected chi connectivity index (χ2v) is 3.50. The number of aromatic amines is 3. The summed E-state index contributed by atoms with van der Waals surface area (Å²) in [5.41, 5.74) is -2.14. The maximum Gasteiger partial charge on any atom is 0.315 e. The molecule has 0 aliphatic rings. The van der Waals surface area contributed by atoms with Crippen LogP contribution in [0.2, 0.25) is 0 Å². The van der Waals surface area contributed by atoms with Gasteiger partial charge in [-0.25, -0.2) is 4.98 Å². The fourth-order valence-electron chi connectivity index (χ4n) is 1.09. The number of nitrogens with one attached hydrogen (secondary N) is 3. The van der Waals surface area contributed by atoms with Crippen LogP contribution in [-0.2, 0) is 0 Å². The average molecular weight is 256 g/mol. The first-order chi connectivity index (χ1) is 8.11. The Kier molecular flexibility index (Phi) is 4.27. The number of aromatic nitrogens is 4. The molecule has 0 saturated heterocycles. The number of hydrogen-bond acceptors (Lipinski definition) is 5.